The monoisotopic (exact) mass is 176 g/mol. The van der Waals surface area contributed by atoms with Gasteiger partial charge in [0.15, 0.2) is 0 Å². The summed E-state index contributed by atoms with van der Waals surface area (Å²) >= 11 is 0. The highest BCUT2D eigenvalue weighted by molar-refractivity contribution is 5.21. The average Bonchev–Trinajstić information content (AvgIpc) is 2.76. The van der Waals surface area contributed by atoms with Crippen LogP contribution in [0.25, 0.3) is 0 Å². The molecule has 1 heteroatoms. The second-order valence-electron chi connectivity index (χ2n) is 4.65. The first-order chi connectivity index (χ1) is 6.11. The largest absolute Gasteiger partial charge is 0.388 e. The fourth-order valence-corrected chi connectivity index (χ4v) is 1.93. The average molecular weight is 176 g/mol. The number of hydrogen-bond donors (Lipinski definition) is 1. The highest BCUT2D eigenvalue weighted by atomic mass is 16.3. The third kappa shape index (κ3) is 1.61. The van der Waals surface area contributed by atoms with E-state index in [1.165, 1.54) is 0 Å². The van der Waals surface area contributed by atoms with E-state index >= 15 is 0 Å². The smallest absolute Gasteiger partial charge is 0.0823 e. The molecule has 1 aliphatic rings. The molecular formula is C12H16O. The second kappa shape index (κ2) is 2.85. The number of rotatable bonds is 2. The Balaban J connectivity index is 2.12. The quantitative estimate of drug-likeness (QED) is 0.734. The Labute approximate surface area is 79.4 Å². The van der Waals surface area contributed by atoms with Crippen LogP contribution in [0.2, 0.25) is 0 Å². The molecule has 2 unspecified atom stereocenters. The lowest BCUT2D eigenvalue weighted by molar-refractivity contribution is 0.138. The molecule has 0 bridgehead atoms. The normalized spacial score (nSPS) is 26.8. The van der Waals surface area contributed by atoms with Crippen molar-refractivity contribution in [1.82, 2.24) is 0 Å². The molecule has 1 fully saturated rings. The molecular weight excluding hydrogens is 160 g/mol. The fraction of sp³-hybridized carbons (Fsp3) is 0.500. The van der Waals surface area contributed by atoms with E-state index < -0.39 is 0 Å². The van der Waals surface area contributed by atoms with Gasteiger partial charge >= 0.3 is 0 Å². The van der Waals surface area contributed by atoms with Crippen molar-refractivity contribution in [1.29, 1.82) is 0 Å². The Morgan fingerprint density at radius 3 is 2.31 bits per heavy atom. The molecule has 0 amide bonds. The Morgan fingerprint density at radius 1 is 1.31 bits per heavy atom. The zero-order valence-corrected chi connectivity index (χ0v) is 8.20. The van der Waals surface area contributed by atoms with Crippen LogP contribution in [0.5, 0.6) is 0 Å². The van der Waals surface area contributed by atoms with Crippen molar-refractivity contribution in [3.05, 3.63) is 35.9 Å². The van der Waals surface area contributed by atoms with E-state index in [2.05, 4.69) is 13.8 Å². The van der Waals surface area contributed by atoms with Gasteiger partial charge in [-0.15, -0.1) is 0 Å². The molecule has 13 heavy (non-hydrogen) atoms. The molecule has 2 atom stereocenters. The van der Waals surface area contributed by atoms with Crippen molar-refractivity contribution in [2.75, 3.05) is 0 Å². The summed E-state index contributed by atoms with van der Waals surface area (Å²) in [6.07, 6.45) is 0.875. The van der Waals surface area contributed by atoms with Crippen LogP contribution in [0.1, 0.15) is 31.9 Å². The molecule has 1 aliphatic carbocycles. The topological polar surface area (TPSA) is 20.2 Å². The Kier molecular flexibility index (Phi) is 1.92. The van der Waals surface area contributed by atoms with Crippen molar-refractivity contribution >= 4 is 0 Å². The van der Waals surface area contributed by atoms with E-state index in [0.29, 0.717) is 11.3 Å². The van der Waals surface area contributed by atoms with Crippen LogP contribution in [0.15, 0.2) is 30.3 Å². The highest BCUT2D eigenvalue weighted by Crippen LogP contribution is 2.57. The molecule has 0 saturated heterocycles. The van der Waals surface area contributed by atoms with Gasteiger partial charge in [0.2, 0.25) is 0 Å². The van der Waals surface area contributed by atoms with Crippen LogP contribution in [-0.2, 0) is 0 Å². The third-order valence-corrected chi connectivity index (χ3v) is 3.11. The number of aliphatic hydroxyl groups is 1. The van der Waals surface area contributed by atoms with E-state index in [1.54, 1.807) is 0 Å². The molecule has 0 spiro atoms. The lowest BCUT2D eigenvalue weighted by Crippen LogP contribution is -2.04. The van der Waals surface area contributed by atoms with E-state index in [9.17, 15) is 5.11 Å². The first kappa shape index (κ1) is 8.76. The van der Waals surface area contributed by atoms with Gasteiger partial charge in [-0.1, -0.05) is 44.2 Å². The molecule has 1 aromatic carbocycles. The first-order valence-electron chi connectivity index (χ1n) is 4.84. The van der Waals surface area contributed by atoms with Gasteiger partial charge in [-0.25, -0.2) is 0 Å². The summed E-state index contributed by atoms with van der Waals surface area (Å²) in [5.74, 6) is 0.454. The fourth-order valence-electron chi connectivity index (χ4n) is 1.93. The van der Waals surface area contributed by atoms with Gasteiger partial charge in [0, 0.05) is 0 Å². The summed E-state index contributed by atoms with van der Waals surface area (Å²) in [5, 5.41) is 10.00. The predicted molar refractivity (Wildman–Crippen MR) is 53.3 cm³/mol. The molecule has 1 N–H and O–H groups in total. The minimum Gasteiger partial charge on any atom is -0.388 e. The molecule has 2 rings (SSSR count). The number of aliphatic hydroxyl groups excluding tert-OH is 1. The van der Waals surface area contributed by atoms with E-state index in [0.717, 1.165) is 12.0 Å². The van der Waals surface area contributed by atoms with Gasteiger partial charge in [-0.2, -0.15) is 0 Å². The number of hydrogen-bond acceptors (Lipinski definition) is 1. The second-order valence-corrected chi connectivity index (χ2v) is 4.65. The molecule has 70 valence electrons. The van der Waals surface area contributed by atoms with Crippen molar-refractivity contribution in [3.8, 4) is 0 Å². The van der Waals surface area contributed by atoms with Crippen LogP contribution >= 0.6 is 0 Å². The van der Waals surface area contributed by atoms with Gasteiger partial charge in [-0.05, 0) is 23.3 Å². The van der Waals surface area contributed by atoms with E-state index in [4.69, 9.17) is 0 Å². The van der Waals surface area contributed by atoms with Gasteiger partial charge in [0.05, 0.1) is 6.10 Å². The SMILES string of the molecule is CC1(C)CC1C(O)c1ccccc1. The molecule has 0 heterocycles. The third-order valence-electron chi connectivity index (χ3n) is 3.11. The van der Waals surface area contributed by atoms with E-state index in [1.807, 2.05) is 30.3 Å². The minimum atomic E-state index is -0.267. The summed E-state index contributed by atoms with van der Waals surface area (Å²) < 4.78 is 0. The van der Waals surface area contributed by atoms with Crippen LogP contribution < -0.4 is 0 Å². The molecule has 0 aliphatic heterocycles. The Bertz CT molecular complexity index is 289. The Morgan fingerprint density at radius 2 is 1.85 bits per heavy atom. The van der Waals surface area contributed by atoms with Crippen molar-refractivity contribution in [2.45, 2.75) is 26.4 Å². The van der Waals surface area contributed by atoms with Gasteiger partial charge in [0.25, 0.3) is 0 Å². The van der Waals surface area contributed by atoms with Crippen molar-refractivity contribution < 1.29 is 5.11 Å². The van der Waals surface area contributed by atoms with Gasteiger partial charge < -0.3 is 5.11 Å². The molecule has 1 nitrogen and oxygen atoms in total. The standard InChI is InChI=1S/C12H16O/c1-12(2)8-10(12)11(13)9-6-4-3-5-7-9/h3-7,10-11,13H,8H2,1-2H3. The molecule has 0 aromatic heterocycles. The maximum absolute atomic E-state index is 10.00. The van der Waals surface area contributed by atoms with Crippen LogP contribution in [-0.4, -0.2) is 5.11 Å². The lowest BCUT2D eigenvalue weighted by atomic mass is 10.00. The summed E-state index contributed by atoms with van der Waals surface area (Å²) in [6, 6.07) is 9.94. The van der Waals surface area contributed by atoms with Crippen LogP contribution in [0, 0.1) is 11.3 Å². The molecule has 1 saturated carbocycles. The van der Waals surface area contributed by atoms with Crippen molar-refractivity contribution in [2.24, 2.45) is 11.3 Å². The highest BCUT2D eigenvalue weighted by Gasteiger charge is 2.49. The van der Waals surface area contributed by atoms with Gasteiger partial charge in [-0.3, -0.25) is 0 Å². The van der Waals surface area contributed by atoms with E-state index in [-0.39, 0.29) is 6.10 Å². The maximum Gasteiger partial charge on any atom is 0.0823 e. The summed E-state index contributed by atoms with van der Waals surface area (Å²) in [6.45, 7) is 4.42. The zero-order chi connectivity index (χ0) is 9.47. The number of benzene rings is 1. The lowest BCUT2D eigenvalue weighted by Gasteiger charge is -2.12. The Hall–Kier alpha value is -0.820. The van der Waals surface area contributed by atoms with Crippen LogP contribution in [0.3, 0.4) is 0 Å². The summed E-state index contributed by atoms with van der Waals surface area (Å²) in [7, 11) is 0. The molecule has 1 aromatic rings. The summed E-state index contributed by atoms with van der Waals surface area (Å²) in [5.41, 5.74) is 1.40. The molecule has 0 radical (unpaired) electrons. The van der Waals surface area contributed by atoms with Crippen LogP contribution in [0.4, 0.5) is 0 Å². The minimum absolute atomic E-state index is 0.267. The summed E-state index contributed by atoms with van der Waals surface area (Å²) in [4.78, 5) is 0. The first-order valence-corrected chi connectivity index (χ1v) is 4.84. The van der Waals surface area contributed by atoms with Gasteiger partial charge in [0.1, 0.15) is 0 Å². The predicted octanol–water partition coefficient (Wildman–Crippen LogP) is 2.77. The maximum atomic E-state index is 10.00. The van der Waals surface area contributed by atoms with Crippen molar-refractivity contribution in [3.63, 3.8) is 0 Å². The zero-order valence-electron chi connectivity index (χ0n) is 8.20.